The lowest BCUT2D eigenvalue weighted by Crippen LogP contribution is -2.38. The van der Waals surface area contributed by atoms with Crippen LogP contribution in [0.1, 0.15) is 34.8 Å². The second-order valence-electron chi connectivity index (χ2n) is 7.14. The van der Waals surface area contributed by atoms with E-state index in [1.807, 2.05) is 12.1 Å². The van der Waals surface area contributed by atoms with Gasteiger partial charge in [0.25, 0.3) is 5.91 Å². The fourth-order valence-corrected chi connectivity index (χ4v) is 3.75. The van der Waals surface area contributed by atoms with Crippen LogP contribution in [0, 0.1) is 0 Å². The SMILES string of the molecule is O=C(c1cc2ccc(OC(F)(F)F)cc2[nH]1)N1CCC(c2ccc(O)cc2)CC1. The molecule has 0 atom stereocenters. The fourth-order valence-electron chi connectivity index (χ4n) is 3.75. The predicted octanol–water partition coefficient (Wildman–Crippen LogP) is 4.79. The van der Waals surface area contributed by atoms with E-state index in [0.29, 0.717) is 35.6 Å². The molecule has 29 heavy (non-hydrogen) atoms. The third-order valence-corrected chi connectivity index (χ3v) is 5.20. The number of aromatic hydroxyl groups is 1. The molecule has 2 heterocycles. The van der Waals surface area contributed by atoms with Crippen molar-refractivity contribution in [2.45, 2.75) is 25.1 Å². The topological polar surface area (TPSA) is 65.6 Å². The van der Waals surface area contributed by atoms with Crippen molar-refractivity contribution in [1.82, 2.24) is 9.88 Å². The lowest BCUT2D eigenvalue weighted by molar-refractivity contribution is -0.274. The number of nitrogens with zero attached hydrogens (tertiary/aromatic N) is 1. The van der Waals surface area contributed by atoms with Crippen LogP contribution < -0.4 is 4.74 Å². The normalized spacial score (nSPS) is 15.6. The second-order valence-corrected chi connectivity index (χ2v) is 7.14. The number of alkyl halides is 3. The minimum Gasteiger partial charge on any atom is -0.508 e. The summed E-state index contributed by atoms with van der Waals surface area (Å²) in [5, 5.41) is 10.0. The molecular weight excluding hydrogens is 385 g/mol. The van der Waals surface area contributed by atoms with Crippen molar-refractivity contribution in [3.8, 4) is 11.5 Å². The zero-order chi connectivity index (χ0) is 20.6. The van der Waals surface area contributed by atoms with Crippen LogP contribution >= 0.6 is 0 Å². The summed E-state index contributed by atoms with van der Waals surface area (Å²) in [6.45, 7) is 1.17. The van der Waals surface area contributed by atoms with E-state index in [0.717, 1.165) is 18.4 Å². The molecule has 1 saturated heterocycles. The maximum Gasteiger partial charge on any atom is 0.573 e. The molecule has 2 N–H and O–H groups in total. The van der Waals surface area contributed by atoms with E-state index < -0.39 is 6.36 Å². The minimum atomic E-state index is -4.76. The maximum absolute atomic E-state index is 12.8. The number of ether oxygens (including phenoxy) is 1. The van der Waals surface area contributed by atoms with Crippen LogP contribution in [0.4, 0.5) is 13.2 Å². The highest BCUT2D eigenvalue weighted by molar-refractivity contribution is 5.98. The average Bonchev–Trinajstić information content (AvgIpc) is 3.10. The third kappa shape index (κ3) is 4.31. The van der Waals surface area contributed by atoms with Crippen molar-refractivity contribution in [2.24, 2.45) is 0 Å². The molecule has 1 amide bonds. The Morgan fingerprint density at radius 3 is 2.41 bits per heavy atom. The van der Waals surface area contributed by atoms with Crippen LogP contribution in [0.15, 0.2) is 48.5 Å². The smallest absolute Gasteiger partial charge is 0.508 e. The maximum atomic E-state index is 12.8. The van der Waals surface area contributed by atoms with E-state index in [1.54, 1.807) is 23.1 Å². The van der Waals surface area contributed by atoms with Crippen LogP contribution in [0.5, 0.6) is 11.5 Å². The van der Waals surface area contributed by atoms with Gasteiger partial charge in [-0.25, -0.2) is 0 Å². The Kier molecular flexibility index (Phi) is 4.86. The van der Waals surface area contributed by atoms with E-state index >= 15 is 0 Å². The van der Waals surface area contributed by atoms with Gasteiger partial charge >= 0.3 is 6.36 Å². The Morgan fingerprint density at radius 1 is 1.07 bits per heavy atom. The number of nitrogens with one attached hydrogen (secondary N) is 1. The largest absolute Gasteiger partial charge is 0.573 e. The number of aromatic nitrogens is 1. The molecular formula is C21H19F3N2O3. The molecule has 1 aliphatic heterocycles. The Balaban J connectivity index is 1.44. The second kappa shape index (κ2) is 7.35. The number of benzene rings is 2. The van der Waals surface area contributed by atoms with Crippen molar-refractivity contribution in [3.63, 3.8) is 0 Å². The lowest BCUT2D eigenvalue weighted by atomic mass is 9.89. The summed E-state index contributed by atoms with van der Waals surface area (Å²) in [6, 6.07) is 12.7. The zero-order valence-electron chi connectivity index (χ0n) is 15.4. The van der Waals surface area contributed by atoms with Gasteiger partial charge in [-0.05, 0) is 54.7 Å². The molecule has 3 aromatic rings. The quantitative estimate of drug-likeness (QED) is 0.660. The zero-order valence-corrected chi connectivity index (χ0v) is 15.4. The summed E-state index contributed by atoms with van der Waals surface area (Å²) in [5.41, 5.74) is 1.89. The number of amides is 1. The van der Waals surface area contributed by atoms with Crippen LogP contribution in [0.2, 0.25) is 0 Å². The number of piperidine rings is 1. The number of rotatable bonds is 3. The number of carbonyl (C=O) groups excluding carboxylic acids is 1. The number of fused-ring (bicyclic) bond motifs is 1. The van der Waals surface area contributed by atoms with E-state index in [1.165, 1.54) is 18.2 Å². The Bertz CT molecular complexity index is 1020. The summed E-state index contributed by atoms with van der Waals surface area (Å²) >= 11 is 0. The first-order valence-electron chi connectivity index (χ1n) is 9.25. The molecule has 0 unspecified atom stereocenters. The number of halogens is 3. The van der Waals surface area contributed by atoms with E-state index in [4.69, 9.17) is 0 Å². The number of aromatic amines is 1. The van der Waals surface area contributed by atoms with Crippen molar-refractivity contribution in [1.29, 1.82) is 0 Å². The molecule has 0 spiro atoms. The Labute approximate surface area is 164 Å². The molecule has 1 aromatic heterocycles. The van der Waals surface area contributed by atoms with E-state index in [2.05, 4.69) is 9.72 Å². The molecule has 8 heteroatoms. The molecule has 2 aromatic carbocycles. The number of phenols is 1. The van der Waals surface area contributed by atoms with Gasteiger partial charge < -0.3 is 19.7 Å². The third-order valence-electron chi connectivity index (χ3n) is 5.20. The van der Waals surface area contributed by atoms with Gasteiger partial charge in [-0.3, -0.25) is 4.79 Å². The standard InChI is InChI=1S/C21H19F3N2O3/c22-21(23,24)29-17-6-3-15-11-19(25-18(15)12-17)20(28)26-9-7-14(8-10-26)13-1-4-16(27)5-2-13/h1-6,11-12,14,25,27H,7-10H2. The summed E-state index contributed by atoms with van der Waals surface area (Å²) in [4.78, 5) is 17.5. The molecule has 0 radical (unpaired) electrons. The van der Waals surface area contributed by atoms with Gasteiger partial charge in [0.2, 0.25) is 0 Å². The Hall–Kier alpha value is -3.16. The molecule has 0 aliphatic carbocycles. The summed E-state index contributed by atoms with van der Waals surface area (Å²) in [7, 11) is 0. The summed E-state index contributed by atoms with van der Waals surface area (Å²) in [5.74, 6) is 0.0395. The lowest BCUT2D eigenvalue weighted by Gasteiger charge is -2.32. The van der Waals surface area contributed by atoms with Crippen molar-refractivity contribution in [3.05, 3.63) is 59.8 Å². The minimum absolute atomic E-state index is 0.177. The van der Waals surface area contributed by atoms with Crippen molar-refractivity contribution >= 4 is 16.8 Å². The number of phenolic OH excluding ortho intramolecular Hbond substituents is 1. The molecule has 0 bridgehead atoms. The van der Waals surface area contributed by atoms with Gasteiger partial charge in [0.15, 0.2) is 0 Å². The van der Waals surface area contributed by atoms with Crippen molar-refractivity contribution < 1.29 is 27.8 Å². The van der Waals surface area contributed by atoms with Crippen LogP contribution in [0.3, 0.4) is 0 Å². The number of carbonyl (C=O) groups is 1. The van der Waals surface area contributed by atoms with Gasteiger partial charge in [-0.15, -0.1) is 13.2 Å². The molecule has 0 saturated carbocycles. The van der Waals surface area contributed by atoms with Gasteiger partial charge in [0.05, 0.1) is 0 Å². The predicted molar refractivity (Wildman–Crippen MR) is 101 cm³/mol. The number of H-pyrrole nitrogens is 1. The van der Waals surface area contributed by atoms with Crippen LogP contribution in [0.25, 0.3) is 10.9 Å². The van der Waals surface area contributed by atoms with E-state index in [9.17, 15) is 23.1 Å². The van der Waals surface area contributed by atoms with Crippen LogP contribution in [-0.2, 0) is 0 Å². The van der Waals surface area contributed by atoms with Crippen LogP contribution in [-0.4, -0.2) is 40.3 Å². The first kappa shape index (κ1) is 19.2. The van der Waals surface area contributed by atoms with Crippen molar-refractivity contribution in [2.75, 3.05) is 13.1 Å². The van der Waals surface area contributed by atoms with Gasteiger partial charge in [0.1, 0.15) is 17.2 Å². The molecule has 1 fully saturated rings. The first-order chi connectivity index (χ1) is 13.8. The highest BCUT2D eigenvalue weighted by Gasteiger charge is 2.31. The van der Waals surface area contributed by atoms with E-state index in [-0.39, 0.29) is 17.4 Å². The summed E-state index contributed by atoms with van der Waals surface area (Å²) in [6.07, 6.45) is -3.15. The van der Waals surface area contributed by atoms with Gasteiger partial charge in [0, 0.05) is 30.1 Å². The fraction of sp³-hybridized carbons (Fsp3) is 0.286. The molecule has 4 rings (SSSR count). The highest BCUT2D eigenvalue weighted by Crippen LogP contribution is 2.31. The monoisotopic (exact) mass is 404 g/mol. The summed E-state index contributed by atoms with van der Waals surface area (Å²) < 4.78 is 41.1. The van der Waals surface area contributed by atoms with Gasteiger partial charge in [-0.2, -0.15) is 0 Å². The molecule has 1 aliphatic rings. The van der Waals surface area contributed by atoms with Gasteiger partial charge in [-0.1, -0.05) is 12.1 Å². The number of hydrogen-bond donors (Lipinski definition) is 2. The average molecular weight is 404 g/mol. The molecule has 5 nitrogen and oxygen atoms in total. The number of hydrogen-bond acceptors (Lipinski definition) is 3. The molecule has 152 valence electrons. The number of likely N-dealkylation sites (tertiary alicyclic amines) is 1. The highest BCUT2D eigenvalue weighted by atomic mass is 19.4. The Morgan fingerprint density at radius 2 is 1.76 bits per heavy atom. The first-order valence-corrected chi connectivity index (χ1v) is 9.25.